The van der Waals surface area contributed by atoms with E-state index in [1.165, 1.54) is 0 Å². The smallest absolute Gasteiger partial charge is 0.296 e. The average molecular weight is 144 g/mol. The molecule has 0 aromatic rings. The molecule has 0 spiro atoms. The Labute approximate surface area is 60.2 Å². The number of carbonyl (C=O) groups excluding carboxylic acids is 1. The van der Waals surface area contributed by atoms with Crippen LogP contribution in [0.25, 0.3) is 0 Å². The molecule has 0 amide bonds. The van der Waals surface area contributed by atoms with Crippen molar-refractivity contribution in [1.82, 2.24) is 0 Å². The zero-order valence-corrected chi connectivity index (χ0v) is 6.26. The lowest BCUT2D eigenvalue weighted by Crippen LogP contribution is -2.01. The number of hydrogen-bond acceptors (Lipinski definition) is 3. The van der Waals surface area contributed by atoms with Gasteiger partial charge in [0.15, 0.2) is 0 Å². The Balaban J connectivity index is 3.80. The highest BCUT2D eigenvalue weighted by atomic mass is 17.1. The molecule has 0 fully saturated rings. The first-order chi connectivity index (χ1) is 4.72. The summed E-state index contributed by atoms with van der Waals surface area (Å²) in [4.78, 5) is 14.0. The molecule has 3 heteroatoms. The molecule has 0 unspecified atom stereocenters. The topological polar surface area (TPSA) is 46.5 Å². The van der Waals surface area contributed by atoms with Gasteiger partial charge in [-0.3, -0.25) is 4.89 Å². The molecule has 0 aromatic carbocycles. The van der Waals surface area contributed by atoms with Gasteiger partial charge in [-0.25, -0.2) is 4.79 Å². The van der Waals surface area contributed by atoms with Gasteiger partial charge in [0.2, 0.25) is 0 Å². The normalized spacial score (nSPS) is 11.3. The maximum atomic E-state index is 10.5. The molecule has 0 aliphatic heterocycles. The van der Waals surface area contributed by atoms with Crippen LogP contribution in [0.4, 0.5) is 0 Å². The van der Waals surface area contributed by atoms with Crippen molar-refractivity contribution in [3.63, 3.8) is 0 Å². The third-order valence-electron chi connectivity index (χ3n) is 1.14. The highest BCUT2D eigenvalue weighted by molar-refractivity contribution is 5.87. The van der Waals surface area contributed by atoms with Crippen molar-refractivity contribution < 1.29 is 14.9 Å². The molecule has 0 heterocycles. The summed E-state index contributed by atoms with van der Waals surface area (Å²) in [7, 11) is 0. The van der Waals surface area contributed by atoms with Crippen molar-refractivity contribution in [3.8, 4) is 0 Å². The molecular weight excluding hydrogens is 132 g/mol. The Morgan fingerprint density at radius 3 is 2.70 bits per heavy atom. The summed E-state index contributed by atoms with van der Waals surface area (Å²) in [5.74, 6) is -0.673. The van der Waals surface area contributed by atoms with Gasteiger partial charge < -0.3 is 0 Å². The second kappa shape index (κ2) is 4.99. The van der Waals surface area contributed by atoms with Crippen LogP contribution in [0.5, 0.6) is 0 Å². The third kappa shape index (κ3) is 3.25. The Kier molecular flexibility index (Phi) is 4.58. The summed E-state index contributed by atoms with van der Waals surface area (Å²) in [6.45, 7) is 3.61. The van der Waals surface area contributed by atoms with E-state index in [0.29, 0.717) is 5.57 Å². The maximum Gasteiger partial charge on any atom is 0.368 e. The van der Waals surface area contributed by atoms with Gasteiger partial charge in [-0.05, 0) is 13.3 Å². The first kappa shape index (κ1) is 9.17. The SMILES string of the molecule is CCCC=C(C)C(=O)OO. The molecule has 0 atom stereocenters. The summed E-state index contributed by atoms with van der Waals surface area (Å²) in [6.07, 6.45) is 3.55. The lowest BCUT2D eigenvalue weighted by atomic mass is 10.2. The van der Waals surface area contributed by atoms with E-state index in [4.69, 9.17) is 5.26 Å². The van der Waals surface area contributed by atoms with Crippen molar-refractivity contribution in [3.05, 3.63) is 11.6 Å². The summed E-state index contributed by atoms with van der Waals surface area (Å²) < 4.78 is 0. The van der Waals surface area contributed by atoms with Crippen molar-refractivity contribution in [2.75, 3.05) is 0 Å². The van der Waals surface area contributed by atoms with Crippen molar-refractivity contribution >= 4 is 5.97 Å². The fourth-order valence-electron chi connectivity index (χ4n) is 0.516. The maximum absolute atomic E-state index is 10.5. The van der Waals surface area contributed by atoms with Gasteiger partial charge in [0.05, 0.1) is 0 Å². The molecule has 0 aromatic heterocycles. The van der Waals surface area contributed by atoms with Gasteiger partial charge in [0.25, 0.3) is 0 Å². The van der Waals surface area contributed by atoms with Gasteiger partial charge in [0.1, 0.15) is 0 Å². The standard InChI is InChI=1S/C7H12O3/c1-3-4-5-6(2)7(8)10-9/h5,9H,3-4H2,1-2H3. The molecule has 10 heavy (non-hydrogen) atoms. The van der Waals surface area contributed by atoms with Crippen LogP contribution >= 0.6 is 0 Å². The first-order valence-electron chi connectivity index (χ1n) is 3.24. The van der Waals surface area contributed by atoms with Crippen molar-refractivity contribution in [2.24, 2.45) is 0 Å². The van der Waals surface area contributed by atoms with E-state index in [1.54, 1.807) is 13.0 Å². The van der Waals surface area contributed by atoms with Crippen LogP contribution < -0.4 is 0 Å². The molecule has 0 bridgehead atoms. The van der Waals surface area contributed by atoms with Crippen LogP contribution in [0.1, 0.15) is 26.7 Å². The Hall–Kier alpha value is -0.830. The minimum absolute atomic E-state index is 0.448. The van der Waals surface area contributed by atoms with Gasteiger partial charge in [0, 0.05) is 5.57 Å². The van der Waals surface area contributed by atoms with Crippen molar-refractivity contribution in [2.45, 2.75) is 26.7 Å². The summed E-state index contributed by atoms with van der Waals surface area (Å²) >= 11 is 0. The largest absolute Gasteiger partial charge is 0.368 e. The third-order valence-corrected chi connectivity index (χ3v) is 1.14. The molecule has 58 valence electrons. The first-order valence-corrected chi connectivity index (χ1v) is 3.24. The predicted octanol–water partition coefficient (Wildman–Crippen LogP) is 1.75. The quantitative estimate of drug-likeness (QED) is 0.373. The number of hydrogen-bond donors (Lipinski definition) is 1. The summed E-state index contributed by atoms with van der Waals surface area (Å²) in [6, 6.07) is 0. The van der Waals surface area contributed by atoms with E-state index in [-0.39, 0.29) is 0 Å². The van der Waals surface area contributed by atoms with Gasteiger partial charge >= 0.3 is 5.97 Å². The Bertz CT molecular complexity index is 138. The number of allylic oxidation sites excluding steroid dienone is 1. The van der Waals surface area contributed by atoms with Crippen LogP contribution in [0.15, 0.2) is 11.6 Å². The highest BCUT2D eigenvalue weighted by Crippen LogP contribution is 1.99. The molecule has 0 aliphatic rings. The molecule has 3 nitrogen and oxygen atoms in total. The minimum atomic E-state index is -0.673. The molecule has 0 radical (unpaired) electrons. The summed E-state index contributed by atoms with van der Waals surface area (Å²) in [5.41, 5.74) is 0.448. The number of unbranched alkanes of at least 4 members (excludes halogenated alkanes) is 1. The molecule has 0 saturated heterocycles. The van der Waals surface area contributed by atoms with Crippen LogP contribution in [0, 0.1) is 0 Å². The molecule has 0 saturated carbocycles. The number of rotatable bonds is 3. The van der Waals surface area contributed by atoms with Crippen molar-refractivity contribution in [1.29, 1.82) is 0 Å². The van der Waals surface area contributed by atoms with Crippen LogP contribution in [0.2, 0.25) is 0 Å². The lowest BCUT2D eigenvalue weighted by Gasteiger charge is -1.93. The van der Waals surface area contributed by atoms with E-state index in [2.05, 4.69) is 4.89 Å². The van der Waals surface area contributed by atoms with Crippen LogP contribution in [-0.4, -0.2) is 11.2 Å². The van der Waals surface area contributed by atoms with E-state index in [1.807, 2.05) is 6.92 Å². The molecule has 0 rings (SSSR count). The fraction of sp³-hybridized carbons (Fsp3) is 0.571. The second-order valence-electron chi connectivity index (χ2n) is 2.05. The van der Waals surface area contributed by atoms with Crippen LogP contribution in [0.3, 0.4) is 0 Å². The van der Waals surface area contributed by atoms with Gasteiger partial charge in [-0.15, -0.1) is 0 Å². The summed E-state index contributed by atoms with van der Waals surface area (Å²) in [5, 5.41) is 7.91. The van der Waals surface area contributed by atoms with E-state index < -0.39 is 5.97 Å². The molecule has 1 N–H and O–H groups in total. The van der Waals surface area contributed by atoms with Crippen LogP contribution in [-0.2, 0) is 9.68 Å². The molecule has 0 aliphatic carbocycles. The lowest BCUT2D eigenvalue weighted by molar-refractivity contribution is -0.229. The van der Waals surface area contributed by atoms with E-state index >= 15 is 0 Å². The highest BCUT2D eigenvalue weighted by Gasteiger charge is 2.02. The Morgan fingerprint density at radius 1 is 1.70 bits per heavy atom. The Morgan fingerprint density at radius 2 is 2.30 bits per heavy atom. The average Bonchev–Trinajstić information content (AvgIpc) is 1.98. The monoisotopic (exact) mass is 144 g/mol. The zero-order valence-electron chi connectivity index (χ0n) is 6.26. The van der Waals surface area contributed by atoms with E-state index in [0.717, 1.165) is 12.8 Å². The van der Waals surface area contributed by atoms with Gasteiger partial charge in [-0.1, -0.05) is 19.4 Å². The predicted molar refractivity (Wildman–Crippen MR) is 37.4 cm³/mol. The zero-order chi connectivity index (χ0) is 7.98. The minimum Gasteiger partial charge on any atom is -0.296 e. The number of carbonyl (C=O) groups is 1. The van der Waals surface area contributed by atoms with E-state index in [9.17, 15) is 4.79 Å². The second-order valence-corrected chi connectivity index (χ2v) is 2.05. The van der Waals surface area contributed by atoms with Gasteiger partial charge in [-0.2, -0.15) is 5.26 Å². The molecular formula is C7H12O3. The fourth-order valence-corrected chi connectivity index (χ4v) is 0.516.